The Kier molecular flexibility index (Phi) is 6.72. The molecule has 0 atom stereocenters. The van der Waals surface area contributed by atoms with Crippen LogP contribution in [0.1, 0.15) is 51.5 Å². The predicted octanol–water partition coefficient (Wildman–Crippen LogP) is 3.67. The summed E-state index contributed by atoms with van der Waals surface area (Å²) in [6.07, 6.45) is 5.73. The number of aromatic nitrogens is 2. The van der Waals surface area contributed by atoms with E-state index in [2.05, 4.69) is 17.1 Å². The summed E-state index contributed by atoms with van der Waals surface area (Å²) in [7, 11) is 0. The summed E-state index contributed by atoms with van der Waals surface area (Å²) in [6.45, 7) is 10.3. The van der Waals surface area contributed by atoms with Crippen LogP contribution >= 0.6 is 11.3 Å². The lowest BCUT2D eigenvalue weighted by Gasteiger charge is -2.53. The van der Waals surface area contributed by atoms with Crippen molar-refractivity contribution in [1.82, 2.24) is 10.2 Å². The highest BCUT2D eigenvalue weighted by Gasteiger charge is 2.48. The lowest BCUT2D eigenvalue weighted by atomic mass is 9.60. The monoisotopic (exact) mass is 285 g/mol. The van der Waals surface area contributed by atoms with Crippen molar-refractivity contribution in [2.24, 2.45) is 11.3 Å². The molecule has 19 heavy (non-hydrogen) atoms. The summed E-state index contributed by atoms with van der Waals surface area (Å²) in [4.78, 5) is 0. The average molecular weight is 285 g/mol. The first-order valence-corrected chi connectivity index (χ1v) is 8.08. The highest BCUT2D eigenvalue weighted by Crippen LogP contribution is 2.52. The van der Waals surface area contributed by atoms with E-state index in [1.807, 2.05) is 20.8 Å². The van der Waals surface area contributed by atoms with Crippen LogP contribution in [-0.4, -0.2) is 23.4 Å². The van der Waals surface area contributed by atoms with E-state index >= 15 is 0 Å². The molecule has 2 fully saturated rings. The molecule has 1 saturated heterocycles. The third-order valence-corrected chi connectivity index (χ3v) is 4.17. The first-order chi connectivity index (χ1) is 9.13. The summed E-state index contributed by atoms with van der Waals surface area (Å²) < 4.78 is 5.21. The molecule has 1 aromatic heterocycles. The van der Waals surface area contributed by atoms with Crippen LogP contribution in [-0.2, 0) is 4.74 Å². The standard InChI is InChI=1S/C9H16O.C3H5N3S.C2H6/c1-2-3-8-4-9(5-8)6-10-7-9;1-2-5-6-3(4)7-2;1-2/h8H,2-7H2,1H3;1H3,(H2,4,6);1-2H3. The lowest BCUT2D eigenvalue weighted by Crippen LogP contribution is -2.52. The second-order valence-corrected chi connectivity index (χ2v) is 6.43. The van der Waals surface area contributed by atoms with Gasteiger partial charge in [0, 0.05) is 5.41 Å². The predicted molar refractivity (Wildman–Crippen MR) is 81.3 cm³/mol. The Balaban J connectivity index is 0.000000177. The van der Waals surface area contributed by atoms with Gasteiger partial charge in [-0.3, -0.25) is 0 Å². The van der Waals surface area contributed by atoms with Crippen molar-refractivity contribution in [3.05, 3.63) is 5.01 Å². The van der Waals surface area contributed by atoms with E-state index in [0.29, 0.717) is 10.5 Å². The second-order valence-electron chi connectivity index (χ2n) is 5.22. The van der Waals surface area contributed by atoms with Gasteiger partial charge in [0.1, 0.15) is 5.01 Å². The Morgan fingerprint density at radius 1 is 1.32 bits per heavy atom. The normalized spacial score (nSPS) is 19.4. The fourth-order valence-corrected chi connectivity index (χ4v) is 3.18. The Bertz CT molecular complexity index is 339. The zero-order valence-electron chi connectivity index (χ0n) is 12.6. The summed E-state index contributed by atoms with van der Waals surface area (Å²) in [6, 6.07) is 0. The maximum absolute atomic E-state index is 5.22. The minimum Gasteiger partial charge on any atom is -0.380 e. The van der Waals surface area contributed by atoms with Crippen molar-refractivity contribution >= 4 is 16.5 Å². The summed E-state index contributed by atoms with van der Waals surface area (Å²) in [5.41, 5.74) is 5.92. The third-order valence-electron chi connectivity index (χ3n) is 3.50. The molecule has 3 rings (SSSR count). The third kappa shape index (κ3) is 4.73. The van der Waals surface area contributed by atoms with Gasteiger partial charge >= 0.3 is 0 Å². The molecule has 1 spiro atoms. The molecule has 5 heteroatoms. The van der Waals surface area contributed by atoms with Gasteiger partial charge in [0.05, 0.1) is 13.2 Å². The molecule has 1 aliphatic heterocycles. The van der Waals surface area contributed by atoms with E-state index in [-0.39, 0.29) is 0 Å². The maximum Gasteiger partial charge on any atom is 0.203 e. The molecule has 0 amide bonds. The maximum atomic E-state index is 5.22. The van der Waals surface area contributed by atoms with Crippen LogP contribution in [0.4, 0.5) is 5.13 Å². The quantitative estimate of drug-likeness (QED) is 0.900. The Morgan fingerprint density at radius 3 is 2.21 bits per heavy atom. The Hall–Kier alpha value is -0.680. The average Bonchev–Trinajstić information content (AvgIpc) is 2.68. The smallest absolute Gasteiger partial charge is 0.203 e. The van der Waals surface area contributed by atoms with Crippen LogP contribution in [0, 0.1) is 18.3 Å². The molecular formula is C14H27N3OS. The molecule has 1 aromatic rings. The second kappa shape index (κ2) is 7.80. The number of anilines is 1. The number of nitrogens with zero attached hydrogens (tertiary/aromatic N) is 2. The fraction of sp³-hybridized carbons (Fsp3) is 0.857. The van der Waals surface area contributed by atoms with Gasteiger partial charge in [-0.15, -0.1) is 10.2 Å². The molecular weight excluding hydrogens is 258 g/mol. The van der Waals surface area contributed by atoms with E-state index < -0.39 is 0 Å². The molecule has 1 aliphatic carbocycles. The highest BCUT2D eigenvalue weighted by molar-refractivity contribution is 7.14. The molecule has 0 radical (unpaired) electrons. The van der Waals surface area contributed by atoms with Gasteiger partial charge in [-0.25, -0.2) is 0 Å². The molecule has 4 nitrogen and oxygen atoms in total. The zero-order chi connectivity index (χ0) is 14.3. The highest BCUT2D eigenvalue weighted by atomic mass is 32.1. The van der Waals surface area contributed by atoms with Gasteiger partial charge < -0.3 is 10.5 Å². The van der Waals surface area contributed by atoms with Crippen LogP contribution in [0.25, 0.3) is 0 Å². The van der Waals surface area contributed by atoms with E-state index in [4.69, 9.17) is 10.5 Å². The number of rotatable bonds is 2. The largest absolute Gasteiger partial charge is 0.380 e. The van der Waals surface area contributed by atoms with Crippen molar-refractivity contribution in [2.75, 3.05) is 18.9 Å². The molecule has 2 aliphatic rings. The summed E-state index contributed by atoms with van der Waals surface area (Å²) >= 11 is 1.40. The van der Waals surface area contributed by atoms with Gasteiger partial charge in [-0.05, 0) is 25.7 Å². The van der Waals surface area contributed by atoms with Crippen LogP contribution in [0.5, 0.6) is 0 Å². The molecule has 0 bridgehead atoms. The van der Waals surface area contributed by atoms with Gasteiger partial charge in [-0.1, -0.05) is 44.9 Å². The summed E-state index contributed by atoms with van der Waals surface area (Å²) in [5, 5.41) is 8.68. The molecule has 2 N–H and O–H groups in total. The van der Waals surface area contributed by atoms with E-state index in [1.54, 1.807) is 0 Å². The van der Waals surface area contributed by atoms with Crippen molar-refractivity contribution in [3.63, 3.8) is 0 Å². The first-order valence-electron chi connectivity index (χ1n) is 7.27. The zero-order valence-corrected chi connectivity index (χ0v) is 13.4. The minimum absolute atomic E-state index is 0.539. The number of aryl methyl sites for hydroxylation is 1. The number of ether oxygens (including phenoxy) is 1. The minimum atomic E-state index is 0.539. The topological polar surface area (TPSA) is 61.0 Å². The Labute approximate surface area is 120 Å². The van der Waals surface area contributed by atoms with Gasteiger partial charge in [0.15, 0.2) is 0 Å². The number of hydrogen-bond acceptors (Lipinski definition) is 5. The van der Waals surface area contributed by atoms with Crippen molar-refractivity contribution < 1.29 is 4.74 Å². The SMILES string of the molecule is CC.CCCC1CC2(COC2)C1.Cc1nnc(N)s1. The number of nitrogens with two attached hydrogens (primary N) is 1. The molecule has 0 unspecified atom stereocenters. The van der Waals surface area contributed by atoms with E-state index in [0.717, 1.165) is 24.1 Å². The molecule has 0 aromatic carbocycles. The van der Waals surface area contributed by atoms with Crippen LogP contribution in [0.2, 0.25) is 0 Å². The van der Waals surface area contributed by atoms with Crippen molar-refractivity contribution in [2.45, 2.75) is 53.4 Å². The first kappa shape index (κ1) is 16.4. The van der Waals surface area contributed by atoms with Crippen LogP contribution in [0.15, 0.2) is 0 Å². The van der Waals surface area contributed by atoms with Gasteiger partial charge in [0.2, 0.25) is 5.13 Å². The van der Waals surface area contributed by atoms with E-state index in [9.17, 15) is 0 Å². The van der Waals surface area contributed by atoms with Gasteiger partial charge in [0.25, 0.3) is 0 Å². The molecule has 2 heterocycles. The van der Waals surface area contributed by atoms with E-state index in [1.165, 1.54) is 37.0 Å². The number of hydrogen-bond donors (Lipinski definition) is 1. The Morgan fingerprint density at radius 2 is 1.95 bits per heavy atom. The van der Waals surface area contributed by atoms with Crippen LogP contribution < -0.4 is 5.73 Å². The van der Waals surface area contributed by atoms with Crippen molar-refractivity contribution in [1.29, 1.82) is 0 Å². The summed E-state index contributed by atoms with van der Waals surface area (Å²) in [5.74, 6) is 1.05. The fourth-order valence-electron chi connectivity index (χ4n) is 2.72. The van der Waals surface area contributed by atoms with Crippen molar-refractivity contribution in [3.8, 4) is 0 Å². The van der Waals surface area contributed by atoms with Crippen LogP contribution in [0.3, 0.4) is 0 Å². The number of nitrogen functional groups attached to an aromatic ring is 1. The molecule has 110 valence electrons. The lowest BCUT2D eigenvalue weighted by molar-refractivity contribution is -0.179. The molecule has 1 saturated carbocycles. The van der Waals surface area contributed by atoms with Gasteiger partial charge in [-0.2, -0.15) is 0 Å².